The van der Waals surface area contributed by atoms with Gasteiger partial charge >= 0.3 is 5.97 Å². The van der Waals surface area contributed by atoms with Crippen molar-refractivity contribution >= 4 is 11.7 Å². The Hall–Kier alpha value is -2.33. The summed E-state index contributed by atoms with van der Waals surface area (Å²) in [6, 6.07) is 17.4. The van der Waals surface area contributed by atoms with Crippen LogP contribution in [0.15, 0.2) is 54.6 Å². The summed E-state index contributed by atoms with van der Waals surface area (Å²) in [5, 5.41) is 0. The largest absolute Gasteiger partial charge is 0.460 e. The molecule has 0 aliphatic rings. The lowest BCUT2D eigenvalue weighted by atomic mass is 10.0. The van der Waals surface area contributed by atoms with Gasteiger partial charge in [0, 0.05) is 12.2 Å². The van der Waals surface area contributed by atoms with E-state index in [4.69, 9.17) is 10.5 Å². The average Bonchev–Trinajstić information content (AvgIpc) is 2.60. The third-order valence-electron chi connectivity index (χ3n) is 4.30. The van der Waals surface area contributed by atoms with Crippen LogP contribution in [0.2, 0.25) is 0 Å². The Morgan fingerprint density at radius 1 is 1.04 bits per heavy atom. The number of esters is 1. The molecule has 0 unspecified atom stereocenters. The van der Waals surface area contributed by atoms with Crippen LogP contribution in [0.1, 0.15) is 25.0 Å². The minimum absolute atomic E-state index is 0.168. The van der Waals surface area contributed by atoms with Gasteiger partial charge in [-0.3, -0.25) is 9.69 Å². The standard InChI is InChI=1S/C21H28N2O2/c1-16(2)20(21(24)25-15-18-7-5-4-6-8-18)23(3)14-13-17-9-11-19(22)12-10-17/h4-12,16,20H,13-15,22H2,1-3H3/t20-/m0/s1. The Morgan fingerprint density at radius 3 is 2.28 bits per heavy atom. The zero-order valence-corrected chi connectivity index (χ0v) is 15.3. The molecule has 0 amide bonds. The van der Waals surface area contributed by atoms with E-state index < -0.39 is 0 Å². The van der Waals surface area contributed by atoms with Gasteiger partial charge in [0.25, 0.3) is 0 Å². The van der Waals surface area contributed by atoms with Gasteiger partial charge in [-0.25, -0.2) is 0 Å². The van der Waals surface area contributed by atoms with Crippen LogP contribution < -0.4 is 5.73 Å². The Bertz CT molecular complexity index is 653. The second-order valence-electron chi connectivity index (χ2n) is 6.75. The van der Waals surface area contributed by atoms with Crippen molar-refractivity contribution in [3.05, 3.63) is 65.7 Å². The van der Waals surface area contributed by atoms with Crippen molar-refractivity contribution in [2.75, 3.05) is 19.3 Å². The van der Waals surface area contributed by atoms with Crippen molar-refractivity contribution in [3.8, 4) is 0 Å². The average molecular weight is 340 g/mol. The highest BCUT2D eigenvalue weighted by Crippen LogP contribution is 2.14. The molecule has 134 valence electrons. The van der Waals surface area contributed by atoms with Gasteiger partial charge in [0.15, 0.2) is 0 Å². The molecule has 2 rings (SSSR count). The smallest absolute Gasteiger partial charge is 0.323 e. The molecule has 0 aromatic heterocycles. The number of nitrogens with two attached hydrogens (primary N) is 1. The number of hydrogen-bond donors (Lipinski definition) is 1. The Kier molecular flexibility index (Phi) is 7.02. The zero-order chi connectivity index (χ0) is 18.2. The van der Waals surface area contributed by atoms with Gasteiger partial charge in [-0.1, -0.05) is 56.3 Å². The van der Waals surface area contributed by atoms with Gasteiger partial charge in [-0.2, -0.15) is 0 Å². The molecule has 0 saturated heterocycles. The van der Waals surface area contributed by atoms with Crippen LogP contribution in [-0.2, 0) is 22.6 Å². The molecule has 4 nitrogen and oxygen atoms in total. The number of ether oxygens (including phenoxy) is 1. The summed E-state index contributed by atoms with van der Waals surface area (Å²) in [7, 11) is 1.98. The first-order valence-electron chi connectivity index (χ1n) is 8.72. The first kappa shape index (κ1) is 19.0. The summed E-state index contributed by atoms with van der Waals surface area (Å²) in [6.07, 6.45) is 0.867. The molecule has 0 radical (unpaired) electrons. The molecular formula is C21H28N2O2. The summed E-state index contributed by atoms with van der Waals surface area (Å²) in [5.74, 6) is 0.0124. The summed E-state index contributed by atoms with van der Waals surface area (Å²) in [5.41, 5.74) is 8.70. The summed E-state index contributed by atoms with van der Waals surface area (Å²) >= 11 is 0. The summed E-state index contributed by atoms with van der Waals surface area (Å²) < 4.78 is 5.54. The molecule has 0 spiro atoms. The number of nitrogens with zero attached hydrogens (tertiary/aromatic N) is 1. The Labute approximate surface area is 150 Å². The van der Waals surface area contributed by atoms with Crippen LogP contribution in [0.3, 0.4) is 0 Å². The molecule has 2 N–H and O–H groups in total. The van der Waals surface area contributed by atoms with Gasteiger partial charge in [0.1, 0.15) is 12.6 Å². The number of carbonyl (C=O) groups excluding carboxylic acids is 1. The highest BCUT2D eigenvalue weighted by Gasteiger charge is 2.27. The zero-order valence-electron chi connectivity index (χ0n) is 15.3. The van der Waals surface area contributed by atoms with Gasteiger partial charge < -0.3 is 10.5 Å². The molecule has 2 aromatic carbocycles. The second kappa shape index (κ2) is 9.23. The third-order valence-corrected chi connectivity index (χ3v) is 4.30. The Morgan fingerprint density at radius 2 is 1.68 bits per heavy atom. The molecule has 0 saturated carbocycles. The van der Waals surface area contributed by atoms with E-state index in [0.29, 0.717) is 6.61 Å². The highest BCUT2D eigenvalue weighted by molar-refractivity contribution is 5.76. The number of rotatable bonds is 8. The van der Waals surface area contributed by atoms with Gasteiger partial charge in [0.2, 0.25) is 0 Å². The SMILES string of the molecule is CC(C)[C@@H](C(=O)OCc1ccccc1)N(C)CCc1ccc(N)cc1. The van der Waals surface area contributed by atoms with Crippen LogP contribution in [0, 0.1) is 5.92 Å². The van der Waals surface area contributed by atoms with Crippen LogP contribution >= 0.6 is 0 Å². The van der Waals surface area contributed by atoms with Crippen molar-refractivity contribution in [2.45, 2.75) is 32.9 Å². The lowest BCUT2D eigenvalue weighted by Gasteiger charge is -2.29. The Balaban J connectivity index is 1.91. The van der Waals surface area contributed by atoms with Crippen molar-refractivity contribution < 1.29 is 9.53 Å². The van der Waals surface area contributed by atoms with E-state index in [1.807, 2.05) is 75.5 Å². The lowest BCUT2D eigenvalue weighted by molar-refractivity contribution is -0.152. The third kappa shape index (κ3) is 5.91. The quantitative estimate of drug-likeness (QED) is 0.590. The van der Waals surface area contributed by atoms with Crippen LogP contribution in [0.25, 0.3) is 0 Å². The molecular weight excluding hydrogens is 312 g/mol. The fraction of sp³-hybridized carbons (Fsp3) is 0.381. The maximum Gasteiger partial charge on any atom is 0.323 e. The molecule has 2 aromatic rings. The van der Waals surface area contributed by atoms with Crippen molar-refractivity contribution in [3.63, 3.8) is 0 Å². The van der Waals surface area contributed by atoms with E-state index in [9.17, 15) is 4.79 Å². The maximum atomic E-state index is 12.6. The lowest BCUT2D eigenvalue weighted by Crippen LogP contribution is -2.44. The van der Waals surface area contributed by atoms with E-state index in [2.05, 4.69) is 4.90 Å². The van der Waals surface area contributed by atoms with Crippen LogP contribution in [-0.4, -0.2) is 30.5 Å². The van der Waals surface area contributed by atoms with E-state index >= 15 is 0 Å². The molecule has 0 aliphatic carbocycles. The molecule has 0 fully saturated rings. The highest BCUT2D eigenvalue weighted by atomic mass is 16.5. The molecule has 1 atom stereocenters. The topological polar surface area (TPSA) is 55.6 Å². The number of carbonyl (C=O) groups is 1. The van der Waals surface area contributed by atoms with E-state index in [0.717, 1.165) is 24.2 Å². The minimum Gasteiger partial charge on any atom is -0.460 e. The first-order valence-corrected chi connectivity index (χ1v) is 8.72. The normalized spacial score (nSPS) is 12.4. The molecule has 0 aliphatic heterocycles. The number of likely N-dealkylation sites (N-methyl/N-ethyl adjacent to an activating group) is 1. The molecule has 0 bridgehead atoms. The van der Waals surface area contributed by atoms with E-state index in [1.165, 1.54) is 5.56 Å². The van der Waals surface area contributed by atoms with Gasteiger partial charge in [0.05, 0.1) is 0 Å². The fourth-order valence-electron chi connectivity index (χ4n) is 2.90. The number of anilines is 1. The van der Waals surface area contributed by atoms with E-state index in [1.54, 1.807) is 0 Å². The van der Waals surface area contributed by atoms with Crippen molar-refractivity contribution in [1.82, 2.24) is 4.90 Å². The predicted octanol–water partition coefficient (Wildman–Crippen LogP) is 3.51. The molecule has 4 heteroatoms. The number of nitrogen functional groups attached to an aromatic ring is 1. The summed E-state index contributed by atoms with van der Waals surface area (Å²) in [4.78, 5) is 14.7. The molecule has 0 heterocycles. The second-order valence-corrected chi connectivity index (χ2v) is 6.75. The molecule has 25 heavy (non-hydrogen) atoms. The summed E-state index contributed by atoms with van der Waals surface area (Å²) in [6.45, 7) is 5.20. The van der Waals surface area contributed by atoms with Crippen LogP contribution in [0.5, 0.6) is 0 Å². The minimum atomic E-state index is -0.252. The van der Waals surface area contributed by atoms with Crippen LogP contribution in [0.4, 0.5) is 5.69 Å². The number of benzene rings is 2. The van der Waals surface area contributed by atoms with E-state index in [-0.39, 0.29) is 17.9 Å². The predicted molar refractivity (Wildman–Crippen MR) is 102 cm³/mol. The van der Waals surface area contributed by atoms with Gasteiger partial charge in [-0.05, 0) is 42.6 Å². The fourth-order valence-corrected chi connectivity index (χ4v) is 2.90. The monoisotopic (exact) mass is 340 g/mol. The number of hydrogen-bond acceptors (Lipinski definition) is 4. The van der Waals surface area contributed by atoms with Crippen molar-refractivity contribution in [1.29, 1.82) is 0 Å². The maximum absolute atomic E-state index is 12.6. The van der Waals surface area contributed by atoms with Gasteiger partial charge in [-0.15, -0.1) is 0 Å². The first-order chi connectivity index (χ1) is 12.0. The van der Waals surface area contributed by atoms with Crippen molar-refractivity contribution in [2.24, 2.45) is 5.92 Å².